The van der Waals surface area contributed by atoms with E-state index in [0.717, 1.165) is 31.2 Å². The molecule has 0 aliphatic carbocycles. The predicted octanol–water partition coefficient (Wildman–Crippen LogP) is 5.81. The molecular weight excluding hydrogens is 304 g/mol. The van der Waals surface area contributed by atoms with Crippen LogP contribution in [0.3, 0.4) is 0 Å². The van der Waals surface area contributed by atoms with Crippen molar-refractivity contribution in [3.63, 3.8) is 0 Å². The summed E-state index contributed by atoms with van der Waals surface area (Å²) in [5, 5.41) is 0. The van der Waals surface area contributed by atoms with Crippen molar-refractivity contribution in [2.75, 3.05) is 0 Å². The maximum absolute atomic E-state index is 5.73. The van der Waals surface area contributed by atoms with Crippen molar-refractivity contribution in [2.45, 2.75) is 92.3 Å². The minimum atomic E-state index is -0.410. The van der Waals surface area contributed by atoms with Crippen molar-refractivity contribution in [2.24, 2.45) is 0 Å². The molecule has 0 fully saturated rings. The monoisotopic (exact) mass is 338 g/mol. The van der Waals surface area contributed by atoms with Gasteiger partial charge in [-0.1, -0.05) is 32.8 Å². The number of hydrogen-bond acceptors (Lipinski definition) is 4. The summed E-state index contributed by atoms with van der Waals surface area (Å²) in [6, 6.07) is 4.00. The molecule has 0 heterocycles. The number of benzene rings is 1. The lowest BCUT2D eigenvalue weighted by atomic mass is 9.98. The third kappa shape index (κ3) is 7.10. The van der Waals surface area contributed by atoms with Gasteiger partial charge in [-0.3, -0.25) is 0 Å². The first-order chi connectivity index (χ1) is 11.1. The lowest BCUT2D eigenvalue weighted by Gasteiger charge is -2.23. The highest BCUT2D eigenvalue weighted by Gasteiger charge is 2.22. The normalized spacial score (nSPS) is 12.3. The predicted molar refractivity (Wildman–Crippen MR) is 97.4 cm³/mol. The molecule has 0 unspecified atom stereocenters. The van der Waals surface area contributed by atoms with Gasteiger partial charge in [-0.2, -0.15) is 9.78 Å². The van der Waals surface area contributed by atoms with E-state index in [9.17, 15) is 0 Å². The molecule has 24 heavy (non-hydrogen) atoms. The molecule has 1 aromatic rings. The average molecular weight is 338 g/mol. The zero-order chi connectivity index (χ0) is 18.4. The van der Waals surface area contributed by atoms with Gasteiger partial charge in [0, 0.05) is 5.56 Å². The smallest absolute Gasteiger partial charge is 0.214 e. The summed E-state index contributed by atoms with van der Waals surface area (Å²) >= 11 is 0. The van der Waals surface area contributed by atoms with E-state index in [-0.39, 0.29) is 0 Å². The molecule has 1 rings (SSSR count). The van der Waals surface area contributed by atoms with Gasteiger partial charge in [0.15, 0.2) is 0 Å². The van der Waals surface area contributed by atoms with Crippen LogP contribution in [0.1, 0.15) is 79.4 Å². The third-order valence-electron chi connectivity index (χ3n) is 3.10. The van der Waals surface area contributed by atoms with E-state index in [0.29, 0.717) is 11.5 Å². The quantitative estimate of drug-likeness (QED) is 0.443. The highest BCUT2D eigenvalue weighted by Crippen LogP contribution is 2.37. The maximum Gasteiger partial charge on any atom is 0.214 e. The number of aryl methyl sites for hydroxylation is 1. The zero-order valence-electron chi connectivity index (χ0n) is 16.6. The van der Waals surface area contributed by atoms with Crippen LogP contribution in [0, 0.1) is 0 Å². The molecule has 0 aliphatic heterocycles. The molecule has 0 radical (unpaired) electrons. The van der Waals surface area contributed by atoms with E-state index in [1.54, 1.807) is 0 Å². The van der Waals surface area contributed by atoms with Crippen molar-refractivity contribution in [1.82, 2.24) is 0 Å². The Morgan fingerprint density at radius 2 is 1.29 bits per heavy atom. The first-order valence-electron chi connectivity index (χ1n) is 8.93. The third-order valence-corrected chi connectivity index (χ3v) is 3.10. The Morgan fingerprint density at radius 3 is 1.79 bits per heavy atom. The molecule has 4 nitrogen and oxygen atoms in total. The van der Waals surface area contributed by atoms with Gasteiger partial charge in [-0.05, 0) is 66.0 Å². The van der Waals surface area contributed by atoms with E-state index in [4.69, 9.17) is 19.6 Å². The lowest BCUT2D eigenvalue weighted by molar-refractivity contribution is -0.292. The molecular formula is C20H34O4. The Hall–Kier alpha value is -1.26. The van der Waals surface area contributed by atoms with Crippen LogP contribution in [-0.4, -0.2) is 11.2 Å². The van der Waals surface area contributed by atoms with Gasteiger partial charge in [-0.25, -0.2) is 0 Å². The largest absolute Gasteiger partial charge is 0.333 e. The van der Waals surface area contributed by atoms with Crippen molar-refractivity contribution < 1.29 is 19.6 Å². The first kappa shape index (κ1) is 20.8. The van der Waals surface area contributed by atoms with Crippen LogP contribution in [0.15, 0.2) is 12.1 Å². The molecule has 0 saturated carbocycles. The maximum atomic E-state index is 5.73. The standard InChI is InChI=1S/C20H34O4/c1-9-11-15-13-14-17(21-23-19(3,4)5)18(16(15)12-10-2)22-24-20(6,7)8/h13-14H,9-12H2,1-8H3. The van der Waals surface area contributed by atoms with E-state index < -0.39 is 11.2 Å². The second kappa shape index (κ2) is 8.72. The second-order valence-electron chi connectivity index (χ2n) is 8.09. The van der Waals surface area contributed by atoms with Crippen LogP contribution in [0.2, 0.25) is 0 Å². The average Bonchev–Trinajstić information content (AvgIpc) is 2.44. The molecule has 0 atom stereocenters. The van der Waals surface area contributed by atoms with Gasteiger partial charge in [0.2, 0.25) is 11.5 Å². The Bertz CT molecular complexity index is 510. The minimum Gasteiger partial charge on any atom is -0.333 e. The Morgan fingerprint density at radius 1 is 0.750 bits per heavy atom. The van der Waals surface area contributed by atoms with Crippen molar-refractivity contribution >= 4 is 0 Å². The van der Waals surface area contributed by atoms with Gasteiger partial charge in [0.05, 0.1) is 0 Å². The van der Waals surface area contributed by atoms with E-state index in [1.807, 2.05) is 47.6 Å². The summed E-state index contributed by atoms with van der Waals surface area (Å²) in [4.78, 5) is 22.4. The molecule has 4 heteroatoms. The fraction of sp³-hybridized carbons (Fsp3) is 0.700. The van der Waals surface area contributed by atoms with Crippen LogP contribution in [0.5, 0.6) is 11.5 Å². The van der Waals surface area contributed by atoms with Crippen molar-refractivity contribution in [3.05, 3.63) is 23.3 Å². The van der Waals surface area contributed by atoms with Crippen molar-refractivity contribution in [3.8, 4) is 11.5 Å². The Balaban J connectivity index is 3.21. The zero-order valence-corrected chi connectivity index (χ0v) is 16.6. The molecule has 0 amide bonds. The molecule has 138 valence electrons. The highest BCUT2D eigenvalue weighted by atomic mass is 17.2. The van der Waals surface area contributed by atoms with Crippen LogP contribution in [0.4, 0.5) is 0 Å². The Kier molecular flexibility index (Phi) is 7.56. The molecule has 0 spiro atoms. The molecule has 0 bridgehead atoms. The fourth-order valence-electron chi connectivity index (χ4n) is 2.17. The molecule has 0 N–H and O–H groups in total. The Labute approximate surface area is 147 Å². The summed E-state index contributed by atoms with van der Waals surface area (Å²) in [6.07, 6.45) is 4.01. The van der Waals surface area contributed by atoms with Crippen LogP contribution < -0.4 is 9.78 Å². The molecule has 0 saturated heterocycles. The van der Waals surface area contributed by atoms with Crippen LogP contribution in [-0.2, 0) is 22.6 Å². The fourth-order valence-corrected chi connectivity index (χ4v) is 2.17. The minimum absolute atomic E-state index is 0.408. The summed E-state index contributed by atoms with van der Waals surface area (Å²) in [7, 11) is 0. The SMILES string of the molecule is CCCc1ccc(OOC(C)(C)C)c(OOC(C)(C)C)c1CCC. The van der Waals surface area contributed by atoms with Gasteiger partial charge < -0.3 is 9.78 Å². The summed E-state index contributed by atoms with van der Waals surface area (Å²) in [5.74, 6) is 1.18. The number of hydrogen-bond donors (Lipinski definition) is 0. The van der Waals surface area contributed by atoms with Gasteiger partial charge in [0.25, 0.3) is 0 Å². The molecule has 0 aromatic heterocycles. The lowest BCUT2D eigenvalue weighted by Crippen LogP contribution is -2.23. The topological polar surface area (TPSA) is 36.9 Å². The first-order valence-corrected chi connectivity index (χ1v) is 8.93. The summed E-state index contributed by atoms with van der Waals surface area (Å²) < 4.78 is 0. The van der Waals surface area contributed by atoms with Crippen LogP contribution in [0.25, 0.3) is 0 Å². The highest BCUT2D eigenvalue weighted by molar-refractivity contribution is 5.50. The summed E-state index contributed by atoms with van der Waals surface area (Å²) in [6.45, 7) is 16.0. The van der Waals surface area contributed by atoms with Gasteiger partial charge in [0.1, 0.15) is 11.2 Å². The van der Waals surface area contributed by atoms with Crippen molar-refractivity contribution in [1.29, 1.82) is 0 Å². The van der Waals surface area contributed by atoms with Gasteiger partial charge >= 0.3 is 0 Å². The number of rotatable bonds is 8. The summed E-state index contributed by atoms with van der Waals surface area (Å²) in [5.41, 5.74) is 1.59. The van der Waals surface area contributed by atoms with E-state index in [2.05, 4.69) is 19.9 Å². The van der Waals surface area contributed by atoms with E-state index in [1.165, 1.54) is 5.56 Å². The van der Waals surface area contributed by atoms with E-state index >= 15 is 0 Å². The van der Waals surface area contributed by atoms with Gasteiger partial charge in [-0.15, -0.1) is 0 Å². The molecule has 1 aromatic carbocycles. The second-order valence-corrected chi connectivity index (χ2v) is 8.09. The van der Waals surface area contributed by atoms with Crippen LogP contribution >= 0.6 is 0 Å². The molecule has 0 aliphatic rings.